The highest BCUT2D eigenvalue weighted by Gasteiger charge is 2.24. The molecule has 4 nitrogen and oxygen atoms in total. The molecule has 0 fully saturated rings. The molecule has 0 spiro atoms. The van der Waals surface area contributed by atoms with Gasteiger partial charge >= 0.3 is 0 Å². The maximum Gasteiger partial charge on any atom is 0.0784 e. The Kier molecular flexibility index (Phi) is 6.22. The van der Waals surface area contributed by atoms with E-state index in [9.17, 15) is 0 Å². The van der Waals surface area contributed by atoms with Crippen molar-refractivity contribution < 1.29 is 0 Å². The molecule has 0 aliphatic rings. The van der Waals surface area contributed by atoms with E-state index in [4.69, 9.17) is 0 Å². The van der Waals surface area contributed by atoms with Crippen LogP contribution in [0.1, 0.15) is 0 Å². The first-order chi connectivity index (χ1) is 25.8. The molecule has 0 bridgehead atoms. The van der Waals surface area contributed by atoms with E-state index in [1.54, 1.807) is 0 Å². The van der Waals surface area contributed by atoms with Crippen molar-refractivity contribution in [3.8, 4) is 0 Å². The Labute approximate surface area is 300 Å². The molecule has 0 saturated carbocycles. The number of para-hydroxylation sites is 6. The zero-order valence-corrected chi connectivity index (χ0v) is 28.3. The van der Waals surface area contributed by atoms with Crippen LogP contribution >= 0.6 is 0 Å². The fourth-order valence-corrected chi connectivity index (χ4v) is 8.42. The number of anilines is 6. The van der Waals surface area contributed by atoms with Crippen molar-refractivity contribution in [1.82, 2.24) is 8.80 Å². The van der Waals surface area contributed by atoms with E-state index in [0.29, 0.717) is 0 Å². The summed E-state index contributed by atoms with van der Waals surface area (Å²) in [5.74, 6) is 0. The Morgan fingerprint density at radius 1 is 0.250 bits per heavy atom. The maximum atomic E-state index is 2.50. The van der Waals surface area contributed by atoms with E-state index in [2.05, 4.69) is 213 Å². The minimum Gasteiger partial charge on any atom is -0.310 e. The topological polar surface area (TPSA) is 15.3 Å². The fraction of sp³-hybridized carbons (Fsp3) is 0. The van der Waals surface area contributed by atoms with Gasteiger partial charge in [-0.3, -0.25) is 0 Å². The van der Waals surface area contributed by atoms with Crippen LogP contribution in [-0.2, 0) is 0 Å². The molecule has 0 amide bonds. The highest BCUT2D eigenvalue weighted by molar-refractivity contribution is 6.23. The predicted molar refractivity (Wildman–Crippen MR) is 219 cm³/mol. The fourth-order valence-electron chi connectivity index (χ4n) is 8.42. The van der Waals surface area contributed by atoms with Gasteiger partial charge in [-0.1, -0.05) is 103 Å². The lowest BCUT2D eigenvalue weighted by Gasteiger charge is -2.26. The summed E-state index contributed by atoms with van der Waals surface area (Å²) in [7, 11) is 0. The van der Waals surface area contributed by atoms with Crippen LogP contribution in [0.25, 0.3) is 54.6 Å². The molecule has 0 atom stereocenters. The smallest absolute Gasteiger partial charge is 0.0784 e. The van der Waals surface area contributed by atoms with Crippen molar-refractivity contribution in [2.24, 2.45) is 0 Å². The van der Waals surface area contributed by atoms with E-state index in [0.717, 1.165) is 34.1 Å². The molecule has 0 unspecified atom stereocenters. The Morgan fingerprint density at radius 2 is 0.692 bits per heavy atom. The van der Waals surface area contributed by atoms with Gasteiger partial charge in [0, 0.05) is 55.7 Å². The summed E-state index contributed by atoms with van der Waals surface area (Å²) in [6.07, 6.45) is 0. The average Bonchev–Trinajstić information content (AvgIpc) is 3.73. The average molecular weight is 665 g/mol. The van der Waals surface area contributed by atoms with E-state index in [1.807, 2.05) is 0 Å². The third-order valence-corrected chi connectivity index (χ3v) is 10.5. The zero-order valence-electron chi connectivity index (χ0n) is 28.3. The molecular weight excluding hydrogens is 633 g/mol. The third-order valence-electron chi connectivity index (χ3n) is 10.5. The van der Waals surface area contributed by atoms with Crippen LogP contribution in [0.5, 0.6) is 0 Å². The van der Waals surface area contributed by atoms with Crippen molar-refractivity contribution in [2.75, 3.05) is 9.80 Å². The van der Waals surface area contributed by atoms with E-state index < -0.39 is 0 Å². The van der Waals surface area contributed by atoms with Crippen molar-refractivity contribution in [3.63, 3.8) is 0 Å². The van der Waals surface area contributed by atoms with Crippen LogP contribution in [0.3, 0.4) is 0 Å². The molecule has 244 valence electrons. The minimum absolute atomic E-state index is 1.11. The largest absolute Gasteiger partial charge is 0.310 e. The van der Waals surface area contributed by atoms with Crippen molar-refractivity contribution in [2.45, 2.75) is 0 Å². The Morgan fingerprint density at radius 3 is 1.31 bits per heavy atom. The van der Waals surface area contributed by atoms with Crippen LogP contribution in [-0.4, -0.2) is 8.80 Å². The molecule has 0 radical (unpaired) electrons. The molecule has 0 saturated heterocycles. The zero-order chi connectivity index (χ0) is 34.2. The first-order valence-corrected chi connectivity index (χ1v) is 17.8. The van der Waals surface area contributed by atoms with Crippen molar-refractivity contribution in [3.05, 3.63) is 194 Å². The van der Waals surface area contributed by atoms with Gasteiger partial charge in [-0.2, -0.15) is 0 Å². The van der Waals surface area contributed by atoms with Crippen LogP contribution in [0.15, 0.2) is 194 Å². The summed E-state index contributed by atoms with van der Waals surface area (Å²) >= 11 is 0. The molecule has 52 heavy (non-hydrogen) atoms. The number of benzene rings is 8. The Bertz CT molecular complexity index is 2980. The van der Waals surface area contributed by atoms with Gasteiger partial charge in [0.2, 0.25) is 0 Å². The predicted octanol–water partition coefficient (Wildman–Crippen LogP) is 13.2. The lowest BCUT2D eigenvalue weighted by atomic mass is 10.1. The van der Waals surface area contributed by atoms with Gasteiger partial charge in [0.05, 0.1) is 33.1 Å². The second kappa shape index (κ2) is 11.2. The SMILES string of the molecule is c1ccc(N(c2ccccc2)c2ccc3c(c2)c2cc(N(c4ccccc4)c4ccccc4)cc4c2n3c2cccc3c5ccccc5n4c32)cc1. The molecule has 11 aromatic rings. The maximum absolute atomic E-state index is 2.50. The summed E-state index contributed by atoms with van der Waals surface area (Å²) < 4.78 is 5.00. The van der Waals surface area contributed by atoms with E-state index in [-0.39, 0.29) is 0 Å². The van der Waals surface area contributed by atoms with Gasteiger partial charge in [-0.15, -0.1) is 0 Å². The van der Waals surface area contributed by atoms with Gasteiger partial charge in [0.15, 0.2) is 0 Å². The highest BCUT2D eigenvalue weighted by Crippen LogP contribution is 2.46. The second-order valence-electron chi connectivity index (χ2n) is 13.4. The summed E-state index contributed by atoms with van der Waals surface area (Å²) in [5.41, 5.74) is 13.9. The molecule has 0 aliphatic carbocycles. The van der Waals surface area contributed by atoms with Gasteiger partial charge in [-0.25, -0.2) is 0 Å². The molecule has 0 N–H and O–H groups in total. The van der Waals surface area contributed by atoms with Gasteiger partial charge in [-0.05, 0) is 91.0 Å². The summed E-state index contributed by atoms with van der Waals surface area (Å²) in [4.78, 5) is 4.73. The van der Waals surface area contributed by atoms with Crippen molar-refractivity contribution in [1.29, 1.82) is 0 Å². The minimum atomic E-state index is 1.11. The Hall–Kier alpha value is -7.04. The van der Waals surface area contributed by atoms with E-state index >= 15 is 0 Å². The number of hydrogen-bond acceptors (Lipinski definition) is 2. The molecule has 0 aliphatic heterocycles. The second-order valence-corrected chi connectivity index (χ2v) is 13.4. The van der Waals surface area contributed by atoms with Crippen molar-refractivity contribution >= 4 is 88.8 Å². The lowest BCUT2D eigenvalue weighted by Crippen LogP contribution is -2.10. The molecule has 3 aromatic heterocycles. The van der Waals surface area contributed by atoms with E-state index in [1.165, 1.54) is 54.6 Å². The molecular formula is C48H32N4. The molecule has 11 rings (SSSR count). The number of aromatic nitrogens is 2. The quantitative estimate of drug-likeness (QED) is 0.164. The first-order valence-electron chi connectivity index (χ1n) is 17.8. The molecule has 8 aromatic carbocycles. The number of hydrogen-bond donors (Lipinski definition) is 0. The summed E-state index contributed by atoms with van der Waals surface area (Å²) in [5, 5.41) is 4.95. The third kappa shape index (κ3) is 4.15. The van der Waals surface area contributed by atoms with Gasteiger partial charge in [0.1, 0.15) is 0 Å². The molecule has 4 heteroatoms. The summed E-state index contributed by atoms with van der Waals surface area (Å²) in [6, 6.07) is 70.1. The molecule has 3 heterocycles. The monoisotopic (exact) mass is 664 g/mol. The summed E-state index contributed by atoms with van der Waals surface area (Å²) in [6.45, 7) is 0. The number of nitrogens with zero attached hydrogens (tertiary/aromatic N) is 4. The lowest BCUT2D eigenvalue weighted by molar-refractivity contribution is 1.24. The normalized spacial score (nSPS) is 11.8. The van der Waals surface area contributed by atoms with Crippen LogP contribution in [0.2, 0.25) is 0 Å². The first kappa shape index (κ1) is 28.8. The Balaban J connectivity index is 1.31. The van der Waals surface area contributed by atoms with Crippen LogP contribution in [0, 0.1) is 0 Å². The van der Waals surface area contributed by atoms with Gasteiger partial charge in [0.25, 0.3) is 0 Å². The van der Waals surface area contributed by atoms with Gasteiger partial charge < -0.3 is 18.6 Å². The van der Waals surface area contributed by atoms with Crippen LogP contribution in [0.4, 0.5) is 34.1 Å². The standard InChI is InChI=1S/C48H32N4/c1-5-16-33(17-6-1)49(34-18-7-2-8-19-34)37-28-29-44-41(30-37)42-31-38(50(35-20-9-3-10-21-35)36-22-11-4-12-23-36)32-46-48(42)51(44)45-27-15-25-40-39-24-13-14-26-43(39)52(46)47(40)45/h1-32H. The van der Waals surface area contributed by atoms with Crippen LogP contribution < -0.4 is 9.80 Å². The highest BCUT2D eigenvalue weighted by atomic mass is 15.2. The number of rotatable bonds is 6. The number of fused-ring (bicyclic) bond motifs is 8.